The third kappa shape index (κ3) is 2.01. The number of phenols is 1. The van der Waals surface area contributed by atoms with Crippen molar-refractivity contribution in [2.45, 2.75) is 33.2 Å². The van der Waals surface area contributed by atoms with Gasteiger partial charge in [-0.15, -0.1) is 0 Å². The smallest absolute Gasteiger partial charge is 0.119 e. The molecule has 0 radical (unpaired) electrons. The third-order valence-electron chi connectivity index (χ3n) is 2.38. The number of aromatic hydroxyl groups is 1. The van der Waals surface area contributed by atoms with Crippen LogP contribution in [0.15, 0.2) is 12.1 Å². The Bertz CT molecular complexity index is 300. The molecule has 72 valence electrons. The molecule has 0 fully saturated rings. The second-order valence-electron chi connectivity index (χ2n) is 4.16. The van der Waals surface area contributed by atoms with Crippen LogP contribution in [0.3, 0.4) is 0 Å². The van der Waals surface area contributed by atoms with E-state index in [1.54, 1.807) is 6.07 Å². The molecule has 2 heteroatoms. The second kappa shape index (κ2) is 3.04. The summed E-state index contributed by atoms with van der Waals surface area (Å²) < 4.78 is 0. The van der Waals surface area contributed by atoms with E-state index in [4.69, 9.17) is 5.73 Å². The molecule has 0 heterocycles. The van der Waals surface area contributed by atoms with Gasteiger partial charge in [-0.2, -0.15) is 0 Å². The van der Waals surface area contributed by atoms with Gasteiger partial charge < -0.3 is 10.8 Å². The van der Waals surface area contributed by atoms with Crippen molar-refractivity contribution in [1.82, 2.24) is 0 Å². The van der Waals surface area contributed by atoms with E-state index >= 15 is 0 Å². The summed E-state index contributed by atoms with van der Waals surface area (Å²) in [6.45, 7) is 7.73. The fraction of sp³-hybridized carbons (Fsp3) is 0.455. The third-order valence-corrected chi connectivity index (χ3v) is 2.38. The molecule has 0 spiro atoms. The normalized spacial score (nSPS) is 11.8. The predicted molar refractivity (Wildman–Crippen MR) is 54.8 cm³/mol. The topological polar surface area (TPSA) is 46.2 Å². The standard InChI is InChI=1S/C11H17NO/c1-7-5-9(11(3,4)12)6-10(13)8(7)2/h5-6,13H,12H2,1-4H3. The van der Waals surface area contributed by atoms with Crippen molar-refractivity contribution in [2.75, 3.05) is 0 Å². The summed E-state index contributed by atoms with van der Waals surface area (Å²) >= 11 is 0. The largest absolute Gasteiger partial charge is 0.508 e. The minimum absolute atomic E-state index is 0.327. The zero-order valence-electron chi connectivity index (χ0n) is 8.68. The molecular weight excluding hydrogens is 162 g/mol. The molecule has 1 aromatic rings. The molecule has 0 aliphatic rings. The fourth-order valence-corrected chi connectivity index (χ4v) is 1.21. The summed E-state index contributed by atoms with van der Waals surface area (Å²) in [5.74, 6) is 0.327. The molecule has 0 bridgehead atoms. The van der Waals surface area contributed by atoms with Crippen molar-refractivity contribution in [3.8, 4) is 5.75 Å². The summed E-state index contributed by atoms with van der Waals surface area (Å²) in [6.07, 6.45) is 0. The van der Waals surface area contributed by atoms with Crippen molar-refractivity contribution in [3.63, 3.8) is 0 Å². The Labute approximate surface area is 79.4 Å². The van der Waals surface area contributed by atoms with E-state index in [-0.39, 0.29) is 0 Å². The van der Waals surface area contributed by atoms with Gasteiger partial charge in [-0.05, 0) is 50.5 Å². The summed E-state index contributed by atoms with van der Waals surface area (Å²) in [5.41, 5.74) is 8.51. The number of hydrogen-bond acceptors (Lipinski definition) is 2. The molecule has 0 saturated carbocycles. The molecule has 2 nitrogen and oxygen atoms in total. The van der Waals surface area contributed by atoms with Crippen LogP contribution in [0.1, 0.15) is 30.5 Å². The Morgan fingerprint density at radius 3 is 2.15 bits per heavy atom. The SMILES string of the molecule is Cc1cc(C(C)(C)N)cc(O)c1C. The van der Waals surface area contributed by atoms with E-state index in [2.05, 4.69) is 0 Å². The Kier molecular flexibility index (Phi) is 2.35. The lowest BCUT2D eigenvalue weighted by Crippen LogP contribution is -2.28. The van der Waals surface area contributed by atoms with Crippen LogP contribution in [0.2, 0.25) is 0 Å². The van der Waals surface area contributed by atoms with Gasteiger partial charge in [0.2, 0.25) is 0 Å². The van der Waals surface area contributed by atoms with E-state index in [1.807, 2.05) is 33.8 Å². The zero-order chi connectivity index (χ0) is 10.2. The monoisotopic (exact) mass is 179 g/mol. The first-order chi connectivity index (χ1) is 5.82. The summed E-state index contributed by atoms with van der Waals surface area (Å²) in [5, 5.41) is 9.59. The number of aryl methyl sites for hydroxylation is 1. The highest BCUT2D eigenvalue weighted by Gasteiger charge is 2.16. The number of nitrogens with two attached hydrogens (primary N) is 1. The first-order valence-electron chi connectivity index (χ1n) is 4.42. The van der Waals surface area contributed by atoms with Gasteiger partial charge in [-0.1, -0.05) is 6.07 Å². The van der Waals surface area contributed by atoms with Crippen molar-refractivity contribution < 1.29 is 5.11 Å². The van der Waals surface area contributed by atoms with E-state index < -0.39 is 5.54 Å². The molecule has 0 amide bonds. The van der Waals surface area contributed by atoms with Gasteiger partial charge in [0.25, 0.3) is 0 Å². The Hall–Kier alpha value is -1.02. The van der Waals surface area contributed by atoms with Crippen LogP contribution in [0.5, 0.6) is 5.75 Å². The molecule has 13 heavy (non-hydrogen) atoms. The van der Waals surface area contributed by atoms with Crippen molar-refractivity contribution in [3.05, 3.63) is 28.8 Å². The van der Waals surface area contributed by atoms with Gasteiger partial charge >= 0.3 is 0 Å². The average Bonchev–Trinajstić information content (AvgIpc) is 1.97. The number of benzene rings is 1. The molecule has 0 aliphatic heterocycles. The summed E-state index contributed by atoms with van der Waals surface area (Å²) in [7, 11) is 0. The van der Waals surface area contributed by atoms with Crippen LogP contribution in [-0.2, 0) is 5.54 Å². The molecule has 0 saturated heterocycles. The highest BCUT2D eigenvalue weighted by molar-refractivity contribution is 5.43. The molecule has 1 rings (SSSR count). The molecule has 0 aromatic heterocycles. The van der Waals surface area contributed by atoms with Crippen molar-refractivity contribution in [1.29, 1.82) is 0 Å². The number of hydrogen-bond donors (Lipinski definition) is 2. The van der Waals surface area contributed by atoms with Gasteiger partial charge in [0, 0.05) is 5.54 Å². The average molecular weight is 179 g/mol. The molecule has 1 aromatic carbocycles. The van der Waals surface area contributed by atoms with Crippen LogP contribution in [0.4, 0.5) is 0 Å². The van der Waals surface area contributed by atoms with Crippen LogP contribution in [0.25, 0.3) is 0 Å². The minimum atomic E-state index is -0.393. The molecule has 0 aliphatic carbocycles. The maximum atomic E-state index is 9.59. The van der Waals surface area contributed by atoms with Gasteiger partial charge in [-0.3, -0.25) is 0 Å². The van der Waals surface area contributed by atoms with Crippen LogP contribution < -0.4 is 5.73 Å². The maximum Gasteiger partial charge on any atom is 0.119 e. The second-order valence-corrected chi connectivity index (χ2v) is 4.16. The number of phenolic OH excluding ortho intramolecular Hbond substituents is 1. The van der Waals surface area contributed by atoms with Crippen LogP contribution in [-0.4, -0.2) is 5.11 Å². The first kappa shape index (κ1) is 10.1. The van der Waals surface area contributed by atoms with Gasteiger partial charge in [0.05, 0.1) is 0 Å². The minimum Gasteiger partial charge on any atom is -0.508 e. The quantitative estimate of drug-likeness (QED) is 0.694. The Morgan fingerprint density at radius 2 is 1.77 bits per heavy atom. The molecule has 0 unspecified atom stereocenters. The number of rotatable bonds is 1. The van der Waals surface area contributed by atoms with E-state index in [9.17, 15) is 5.11 Å². The fourth-order valence-electron chi connectivity index (χ4n) is 1.21. The highest BCUT2D eigenvalue weighted by Crippen LogP contribution is 2.27. The lowest BCUT2D eigenvalue weighted by atomic mass is 9.92. The Balaban J connectivity index is 3.29. The van der Waals surface area contributed by atoms with Gasteiger partial charge in [0.15, 0.2) is 0 Å². The van der Waals surface area contributed by atoms with Crippen molar-refractivity contribution in [2.24, 2.45) is 5.73 Å². The van der Waals surface area contributed by atoms with Crippen molar-refractivity contribution >= 4 is 0 Å². The van der Waals surface area contributed by atoms with E-state index in [0.29, 0.717) is 5.75 Å². The van der Waals surface area contributed by atoms with E-state index in [0.717, 1.165) is 16.7 Å². The van der Waals surface area contributed by atoms with Gasteiger partial charge in [0.1, 0.15) is 5.75 Å². The highest BCUT2D eigenvalue weighted by atomic mass is 16.3. The summed E-state index contributed by atoms with van der Waals surface area (Å²) in [4.78, 5) is 0. The molecular formula is C11H17NO. The van der Waals surface area contributed by atoms with Crippen LogP contribution in [0, 0.1) is 13.8 Å². The lowest BCUT2D eigenvalue weighted by molar-refractivity contribution is 0.464. The molecule has 0 atom stereocenters. The maximum absolute atomic E-state index is 9.59. The van der Waals surface area contributed by atoms with E-state index in [1.165, 1.54) is 0 Å². The van der Waals surface area contributed by atoms with Gasteiger partial charge in [-0.25, -0.2) is 0 Å². The Morgan fingerprint density at radius 1 is 1.23 bits per heavy atom. The zero-order valence-corrected chi connectivity index (χ0v) is 8.68. The molecule has 3 N–H and O–H groups in total. The van der Waals surface area contributed by atoms with Crippen LogP contribution >= 0.6 is 0 Å². The predicted octanol–water partition coefficient (Wildman–Crippen LogP) is 2.20. The summed E-state index contributed by atoms with van der Waals surface area (Å²) in [6, 6.07) is 3.76. The lowest BCUT2D eigenvalue weighted by Gasteiger charge is -2.20. The first-order valence-corrected chi connectivity index (χ1v) is 4.42.